The van der Waals surface area contributed by atoms with Gasteiger partial charge >= 0.3 is 0 Å². The van der Waals surface area contributed by atoms with Crippen LogP contribution in [0.15, 0.2) is 48.7 Å². The highest BCUT2D eigenvalue weighted by Crippen LogP contribution is 2.32. The highest BCUT2D eigenvalue weighted by atomic mass is 16.6. The van der Waals surface area contributed by atoms with Crippen molar-refractivity contribution in [3.8, 4) is 5.75 Å². The normalized spacial score (nSPS) is 11.2. The van der Waals surface area contributed by atoms with Gasteiger partial charge in [0.15, 0.2) is 12.4 Å². The molecule has 11 heteroatoms. The number of anilines is 1. The number of nitro groups is 2. The number of hydrogen-bond acceptors (Lipinski definition) is 7. The van der Waals surface area contributed by atoms with E-state index in [1.54, 1.807) is 6.20 Å². The van der Waals surface area contributed by atoms with Crippen LogP contribution in [0.25, 0.3) is 0 Å². The summed E-state index contributed by atoms with van der Waals surface area (Å²) in [5.41, 5.74) is 0.124. The Morgan fingerprint density at radius 1 is 1.06 bits per heavy atom. The SMILES string of the molecule is Cc1c([N+](=O)[O-])cc(NC(=O)c2ccn(COc3ccc(C(C)(C)C)cc3)n2)cc1[N+](=O)[O-]. The fraction of sp³-hybridized carbons (Fsp3) is 0.273. The maximum absolute atomic E-state index is 12.5. The molecule has 0 spiro atoms. The fourth-order valence-corrected chi connectivity index (χ4v) is 3.08. The zero-order chi connectivity index (χ0) is 24.3. The monoisotopic (exact) mass is 453 g/mol. The highest BCUT2D eigenvalue weighted by Gasteiger charge is 2.24. The van der Waals surface area contributed by atoms with Gasteiger partial charge < -0.3 is 10.1 Å². The van der Waals surface area contributed by atoms with E-state index in [9.17, 15) is 25.0 Å². The number of carbonyl (C=O) groups is 1. The number of amides is 1. The van der Waals surface area contributed by atoms with Crippen LogP contribution < -0.4 is 10.1 Å². The third kappa shape index (κ3) is 5.50. The molecule has 0 fully saturated rings. The molecule has 0 bridgehead atoms. The summed E-state index contributed by atoms with van der Waals surface area (Å²) in [6.45, 7) is 7.69. The zero-order valence-electron chi connectivity index (χ0n) is 18.6. The van der Waals surface area contributed by atoms with Crippen LogP contribution in [0, 0.1) is 27.2 Å². The second-order valence-corrected chi connectivity index (χ2v) is 8.40. The number of carbonyl (C=O) groups excluding carboxylic acids is 1. The van der Waals surface area contributed by atoms with Gasteiger partial charge in [0.1, 0.15) is 11.3 Å². The molecule has 172 valence electrons. The van der Waals surface area contributed by atoms with Gasteiger partial charge in [-0.1, -0.05) is 32.9 Å². The summed E-state index contributed by atoms with van der Waals surface area (Å²) in [4.78, 5) is 33.4. The smallest absolute Gasteiger partial charge is 0.281 e. The van der Waals surface area contributed by atoms with E-state index < -0.39 is 27.1 Å². The number of nitrogens with one attached hydrogen (secondary N) is 1. The number of nitro benzene ring substituents is 2. The van der Waals surface area contributed by atoms with Crippen molar-refractivity contribution in [3.63, 3.8) is 0 Å². The van der Waals surface area contributed by atoms with E-state index in [1.807, 2.05) is 24.3 Å². The molecule has 1 aromatic heterocycles. The summed E-state index contributed by atoms with van der Waals surface area (Å²) >= 11 is 0. The van der Waals surface area contributed by atoms with E-state index in [4.69, 9.17) is 4.74 Å². The molecule has 0 aliphatic heterocycles. The summed E-state index contributed by atoms with van der Waals surface area (Å²) in [6, 6.07) is 11.3. The van der Waals surface area contributed by atoms with Crippen molar-refractivity contribution < 1.29 is 19.4 Å². The fourth-order valence-electron chi connectivity index (χ4n) is 3.08. The lowest BCUT2D eigenvalue weighted by atomic mass is 9.87. The maximum Gasteiger partial charge on any atom is 0.281 e. The van der Waals surface area contributed by atoms with Crippen molar-refractivity contribution in [3.05, 3.63) is 85.7 Å². The first kappa shape index (κ1) is 23.4. The van der Waals surface area contributed by atoms with Crippen LogP contribution in [0.4, 0.5) is 17.1 Å². The summed E-state index contributed by atoms with van der Waals surface area (Å²) in [7, 11) is 0. The molecule has 0 radical (unpaired) electrons. The first-order valence-corrected chi connectivity index (χ1v) is 9.97. The van der Waals surface area contributed by atoms with Gasteiger partial charge in [0.05, 0.1) is 15.5 Å². The molecular formula is C22H23N5O6. The highest BCUT2D eigenvalue weighted by molar-refractivity contribution is 6.03. The Morgan fingerprint density at radius 3 is 2.15 bits per heavy atom. The van der Waals surface area contributed by atoms with E-state index in [0.29, 0.717) is 5.75 Å². The molecule has 1 heterocycles. The average Bonchev–Trinajstić information content (AvgIpc) is 3.22. The predicted octanol–water partition coefficient (Wildman–Crippen LogP) is 4.59. The van der Waals surface area contributed by atoms with Crippen LogP contribution in [0.2, 0.25) is 0 Å². The lowest BCUT2D eigenvalue weighted by Gasteiger charge is -2.19. The Labute approximate surface area is 189 Å². The van der Waals surface area contributed by atoms with Crippen LogP contribution in [-0.2, 0) is 12.1 Å². The molecule has 0 saturated heterocycles. The summed E-state index contributed by atoms with van der Waals surface area (Å²) in [6.07, 6.45) is 1.54. The van der Waals surface area contributed by atoms with E-state index in [1.165, 1.54) is 23.2 Å². The van der Waals surface area contributed by atoms with E-state index in [-0.39, 0.29) is 29.1 Å². The van der Waals surface area contributed by atoms with Gasteiger partial charge in [-0.25, -0.2) is 4.68 Å². The quantitative estimate of drug-likeness (QED) is 0.407. The van der Waals surface area contributed by atoms with E-state index in [2.05, 4.69) is 31.2 Å². The molecule has 0 aliphatic rings. The van der Waals surface area contributed by atoms with Crippen molar-refractivity contribution in [1.29, 1.82) is 0 Å². The van der Waals surface area contributed by atoms with Crippen LogP contribution in [0.5, 0.6) is 5.75 Å². The summed E-state index contributed by atoms with van der Waals surface area (Å²) < 4.78 is 7.10. The van der Waals surface area contributed by atoms with Gasteiger partial charge in [0.2, 0.25) is 0 Å². The Morgan fingerprint density at radius 2 is 1.64 bits per heavy atom. The number of rotatable bonds is 7. The minimum Gasteiger partial charge on any atom is -0.471 e. The predicted molar refractivity (Wildman–Crippen MR) is 120 cm³/mol. The van der Waals surface area contributed by atoms with Gasteiger partial charge in [0, 0.05) is 18.3 Å². The summed E-state index contributed by atoms with van der Waals surface area (Å²) in [5, 5.41) is 29.0. The standard InChI is InChI=1S/C22H23N5O6/c1-14-19(26(29)30)11-16(12-20(14)27(31)32)23-21(28)18-9-10-25(24-18)13-33-17-7-5-15(6-8-17)22(2,3)4/h5-12H,13H2,1-4H3,(H,23,28). The van der Waals surface area contributed by atoms with Crippen LogP contribution in [0.1, 0.15) is 42.4 Å². The molecule has 0 atom stereocenters. The van der Waals surface area contributed by atoms with Crippen molar-refractivity contribution >= 4 is 23.0 Å². The van der Waals surface area contributed by atoms with Gasteiger partial charge in [-0.05, 0) is 36.1 Å². The van der Waals surface area contributed by atoms with Crippen LogP contribution in [-0.4, -0.2) is 25.5 Å². The first-order chi connectivity index (χ1) is 15.5. The Kier molecular flexibility index (Phi) is 6.43. The Hall–Kier alpha value is -4.28. The van der Waals surface area contributed by atoms with Gasteiger partial charge in [0.25, 0.3) is 17.3 Å². The third-order valence-corrected chi connectivity index (χ3v) is 4.96. The lowest BCUT2D eigenvalue weighted by molar-refractivity contribution is -0.395. The van der Waals surface area contributed by atoms with Gasteiger partial charge in [-0.3, -0.25) is 25.0 Å². The second kappa shape index (κ2) is 9.07. The second-order valence-electron chi connectivity index (χ2n) is 8.40. The third-order valence-electron chi connectivity index (χ3n) is 4.96. The van der Waals surface area contributed by atoms with Gasteiger partial charge in [-0.15, -0.1) is 0 Å². The van der Waals surface area contributed by atoms with Gasteiger partial charge in [-0.2, -0.15) is 5.10 Å². The average molecular weight is 453 g/mol. The topological polar surface area (TPSA) is 142 Å². The Bertz CT molecular complexity index is 1180. The molecule has 2 aromatic carbocycles. The number of nitrogens with zero attached hydrogens (tertiary/aromatic N) is 4. The molecule has 1 N–H and O–H groups in total. The zero-order valence-corrected chi connectivity index (χ0v) is 18.6. The van der Waals surface area contributed by atoms with E-state index >= 15 is 0 Å². The van der Waals surface area contributed by atoms with Crippen LogP contribution >= 0.6 is 0 Å². The molecule has 11 nitrogen and oxygen atoms in total. The molecule has 0 unspecified atom stereocenters. The maximum atomic E-state index is 12.5. The molecule has 0 saturated carbocycles. The van der Waals surface area contributed by atoms with Crippen molar-refractivity contribution in [1.82, 2.24) is 9.78 Å². The van der Waals surface area contributed by atoms with Crippen molar-refractivity contribution in [2.24, 2.45) is 0 Å². The Balaban J connectivity index is 1.69. The molecule has 3 rings (SSSR count). The van der Waals surface area contributed by atoms with Crippen LogP contribution in [0.3, 0.4) is 0 Å². The molecule has 3 aromatic rings. The van der Waals surface area contributed by atoms with Crippen molar-refractivity contribution in [2.75, 3.05) is 5.32 Å². The minimum absolute atomic E-state index is 0.0209. The molecular weight excluding hydrogens is 430 g/mol. The first-order valence-electron chi connectivity index (χ1n) is 9.97. The largest absolute Gasteiger partial charge is 0.471 e. The number of aromatic nitrogens is 2. The molecule has 0 aliphatic carbocycles. The summed E-state index contributed by atoms with van der Waals surface area (Å²) in [5.74, 6) is -0.0282. The lowest BCUT2D eigenvalue weighted by Crippen LogP contribution is -2.15. The van der Waals surface area contributed by atoms with E-state index in [0.717, 1.165) is 12.1 Å². The number of benzene rings is 2. The number of ether oxygens (including phenoxy) is 1. The molecule has 33 heavy (non-hydrogen) atoms. The number of hydrogen-bond donors (Lipinski definition) is 1. The van der Waals surface area contributed by atoms with Crippen molar-refractivity contribution in [2.45, 2.75) is 39.8 Å². The minimum atomic E-state index is -0.738. The molecule has 1 amide bonds.